The Hall–Kier alpha value is -0.860. The van der Waals surface area contributed by atoms with Crippen LogP contribution in [0, 0.1) is 12.8 Å². The minimum absolute atomic E-state index is 0.431. The van der Waals surface area contributed by atoms with E-state index in [1.54, 1.807) is 0 Å². The fourth-order valence-electron chi connectivity index (χ4n) is 2.99. The predicted octanol–water partition coefficient (Wildman–Crippen LogP) is 3.60. The van der Waals surface area contributed by atoms with Gasteiger partial charge in [0, 0.05) is 19.2 Å². The van der Waals surface area contributed by atoms with Crippen LogP contribution in [0.5, 0.6) is 0 Å². The van der Waals surface area contributed by atoms with E-state index < -0.39 is 0 Å². The van der Waals surface area contributed by atoms with E-state index in [0.29, 0.717) is 12.1 Å². The van der Waals surface area contributed by atoms with Crippen LogP contribution in [0.3, 0.4) is 0 Å². The molecule has 0 spiro atoms. The molecule has 1 N–H and O–H groups in total. The molecule has 1 saturated heterocycles. The molecule has 1 saturated carbocycles. The Morgan fingerprint density at radius 3 is 2.58 bits per heavy atom. The SMILES string of the molecule is Cc1ccc([C@@H](NC[C@H]2CCCCO2)C2CC2)cc1. The summed E-state index contributed by atoms with van der Waals surface area (Å²) in [7, 11) is 0. The van der Waals surface area contributed by atoms with Crippen molar-refractivity contribution in [3.05, 3.63) is 35.4 Å². The number of aryl methyl sites for hydroxylation is 1. The molecule has 2 aliphatic rings. The molecular formula is C17H25NO. The molecule has 3 rings (SSSR count). The Kier molecular flexibility index (Phi) is 4.19. The highest BCUT2D eigenvalue weighted by atomic mass is 16.5. The van der Waals surface area contributed by atoms with E-state index in [1.807, 2.05) is 0 Å². The maximum atomic E-state index is 5.82. The first-order valence-corrected chi connectivity index (χ1v) is 7.74. The highest BCUT2D eigenvalue weighted by Crippen LogP contribution is 2.41. The molecule has 1 aromatic carbocycles. The van der Waals surface area contributed by atoms with E-state index >= 15 is 0 Å². The monoisotopic (exact) mass is 259 g/mol. The first-order chi connectivity index (χ1) is 9.33. The second-order valence-corrected chi connectivity index (χ2v) is 6.12. The lowest BCUT2D eigenvalue weighted by molar-refractivity contribution is 0.0149. The molecule has 1 aromatic rings. The van der Waals surface area contributed by atoms with E-state index in [2.05, 4.69) is 36.5 Å². The molecule has 19 heavy (non-hydrogen) atoms. The molecule has 104 valence electrons. The summed E-state index contributed by atoms with van der Waals surface area (Å²) in [5.41, 5.74) is 2.79. The Balaban J connectivity index is 1.59. The van der Waals surface area contributed by atoms with Gasteiger partial charge in [-0.1, -0.05) is 29.8 Å². The summed E-state index contributed by atoms with van der Waals surface area (Å²) in [6, 6.07) is 9.55. The van der Waals surface area contributed by atoms with Gasteiger partial charge in [-0.2, -0.15) is 0 Å². The molecule has 2 atom stereocenters. The van der Waals surface area contributed by atoms with Crippen molar-refractivity contribution in [2.75, 3.05) is 13.2 Å². The molecule has 0 unspecified atom stereocenters. The summed E-state index contributed by atoms with van der Waals surface area (Å²) in [5, 5.41) is 3.76. The number of hydrogen-bond acceptors (Lipinski definition) is 2. The second-order valence-electron chi connectivity index (χ2n) is 6.12. The zero-order chi connectivity index (χ0) is 13.1. The van der Waals surface area contributed by atoms with Crippen molar-refractivity contribution >= 4 is 0 Å². The van der Waals surface area contributed by atoms with Crippen molar-refractivity contribution in [3.8, 4) is 0 Å². The lowest BCUT2D eigenvalue weighted by Gasteiger charge is -2.26. The topological polar surface area (TPSA) is 21.3 Å². The van der Waals surface area contributed by atoms with Crippen molar-refractivity contribution in [2.45, 2.75) is 51.2 Å². The molecule has 2 nitrogen and oxygen atoms in total. The number of benzene rings is 1. The fraction of sp³-hybridized carbons (Fsp3) is 0.647. The first-order valence-electron chi connectivity index (χ1n) is 7.74. The summed E-state index contributed by atoms with van der Waals surface area (Å²) in [4.78, 5) is 0. The Labute approximate surface area is 116 Å². The largest absolute Gasteiger partial charge is 0.377 e. The van der Waals surface area contributed by atoms with Crippen LogP contribution < -0.4 is 5.32 Å². The van der Waals surface area contributed by atoms with Gasteiger partial charge in [0.25, 0.3) is 0 Å². The van der Waals surface area contributed by atoms with Gasteiger partial charge in [-0.05, 0) is 50.5 Å². The number of nitrogens with one attached hydrogen (secondary N) is 1. The Bertz CT molecular complexity index is 390. The summed E-state index contributed by atoms with van der Waals surface area (Å²) in [6.07, 6.45) is 6.96. The van der Waals surface area contributed by atoms with Gasteiger partial charge in [0.15, 0.2) is 0 Å². The lowest BCUT2D eigenvalue weighted by Crippen LogP contribution is -2.34. The van der Waals surface area contributed by atoms with Gasteiger partial charge >= 0.3 is 0 Å². The highest BCUT2D eigenvalue weighted by molar-refractivity contribution is 5.25. The summed E-state index contributed by atoms with van der Waals surface area (Å²) < 4.78 is 5.82. The zero-order valence-electron chi connectivity index (χ0n) is 11.9. The number of hydrogen-bond donors (Lipinski definition) is 1. The van der Waals surface area contributed by atoms with Gasteiger partial charge in [0.1, 0.15) is 0 Å². The van der Waals surface area contributed by atoms with Crippen molar-refractivity contribution < 1.29 is 4.74 Å². The molecule has 2 heteroatoms. The number of rotatable bonds is 5. The number of ether oxygens (including phenoxy) is 1. The molecule has 1 heterocycles. The average molecular weight is 259 g/mol. The molecule has 1 aliphatic carbocycles. The van der Waals surface area contributed by atoms with Gasteiger partial charge < -0.3 is 10.1 Å². The Morgan fingerprint density at radius 1 is 1.16 bits per heavy atom. The molecule has 2 fully saturated rings. The van der Waals surface area contributed by atoms with Crippen LogP contribution in [0.1, 0.15) is 49.3 Å². The van der Waals surface area contributed by atoms with Crippen LogP contribution in [-0.4, -0.2) is 19.3 Å². The summed E-state index contributed by atoms with van der Waals surface area (Å²) in [5.74, 6) is 0.839. The van der Waals surface area contributed by atoms with Crippen LogP contribution in [0.25, 0.3) is 0 Å². The molecule has 0 amide bonds. The standard InChI is InChI=1S/C17H25NO/c1-13-5-7-14(8-6-13)17(15-9-10-15)18-12-16-4-2-3-11-19-16/h5-8,15-18H,2-4,9-12H2,1H3/t16-,17-/m1/s1. The van der Waals surface area contributed by atoms with Crippen LogP contribution in [-0.2, 0) is 4.74 Å². The van der Waals surface area contributed by atoms with Gasteiger partial charge in [-0.3, -0.25) is 0 Å². The van der Waals surface area contributed by atoms with Gasteiger partial charge in [-0.15, -0.1) is 0 Å². The molecule has 0 bridgehead atoms. The maximum Gasteiger partial charge on any atom is 0.0699 e. The van der Waals surface area contributed by atoms with Crippen LogP contribution in [0.15, 0.2) is 24.3 Å². The van der Waals surface area contributed by atoms with Crippen molar-refractivity contribution in [3.63, 3.8) is 0 Å². The average Bonchev–Trinajstić information content (AvgIpc) is 3.27. The van der Waals surface area contributed by atoms with E-state index in [0.717, 1.165) is 19.1 Å². The highest BCUT2D eigenvalue weighted by Gasteiger charge is 2.32. The molecule has 0 aromatic heterocycles. The predicted molar refractivity (Wildman–Crippen MR) is 78.2 cm³/mol. The van der Waals surface area contributed by atoms with Gasteiger partial charge in [0.05, 0.1) is 6.10 Å². The van der Waals surface area contributed by atoms with E-state index in [-0.39, 0.29) is 0 Å². The molecule has 1 aliphatic heterocycles. The lowest BCUT2D eigenvalue weighted by atomic mass is 10.0. The Morgan fingerprint density at radius 2 is 1.95 bits per heavy atom. The fourth-order valence-corrected chi connectivity index (χ4v) is 2.99. The first kappa shape index (κ1) is 13.1. The summed E-state index contributed by atoms with van der Waals surface area (Å²) in [6.45, 7) is 4.11. The van der Waals surface area contributed by atoms with Crippen LogP contribution >= 0.6 is 0 Å². The zero-order valence-corrected chi connectivity index (χ0v) is 11.9. The van der Waals surface area contributed by atoms with E-state index in [1.165, 1.54) is 43.2 Å². The smallest absolute Gasteiger partial charge is 0.0699 e. The van der Waals surface area contributed by atoms with Gasteiger partial charge in [-0.25, -0.2) is 0 Å². The van der Waals surface area contributed by atoms with Gasteiger partial charge in [0.2, 0.25) is 0 Å². The molecule has 0 radical (unpaired) electrons. The third-order valence-corrected chi connectivity index (χ3v) is 4.37. The molecular weight excluding hydrogens is 234 g/mol. The van der Waals surface area contributed by atoms with Crippen LogP contribution in [0.2, 0.25) is 0 Å². The minimum atomic E-state index is 0.431. The van der Waals surface area contributed by atoms with Crippen molar-refractivity contribution in [2.24, 2.45) is 5.92 Å². The minimum Gasteiger partial charge on any atom is -0.377 e. The van der Waals surface area contributed by atoms with Crippen LogP contribution in [0.4, 0.5) is 0 Å². The maximum absolute atomic E-state index is 5.82. The summed E-state index contributed by atoms with van der Waals surface area (Å²) >= 11 is 0. The van der Waals surface area contributed by atoms with E-state index in [9.17, 15) is 0 Å². The van der Waals surface area contributed by atoms with E-state index in [4.69, 9.17) is 4.74 Å². The van der Waals surface area contributed by atoms with Crippen molar-refractivity contribution in [1.29, 1.82) is 0 Å². The third kappa shape index (κ3) is 3.58. The quantitative estimate of drug-likeness (QED) is 0.872. The second kappa shape index (κ2) is 6.06. The third-order valence-electron chi connectivity index (χ3n) is 4.37. The van der Waals surface area contributed by atoms with Crippen molar-refractivity contribution in [1.82, 2.24) is 5.32 Å². The normalized spacial score (nSPS) is 25.2.